The molecule has 2 aliphatic rings. The molecule has 1 saturated heterocycles. The molecule has 1 aliphatic heterocycles. The van der Waals surface area contributed by atoms with Crippen LogP contribution in [0, 0.1) is 11.8 Å². The van der Waals surface area contributed by atoms with E-state index in [1.807, 2.05) is 6.92 Å². The molecule has 2 rings (SSSR count). The lowest BCUT2D eigenvalue weighted by atomic mass is 9.65. The molecular weight excluding hydrogens is 259 g/mol. The number of aliphatic hydroxyl groups is 1. The summed E-state index contributed by atoms with van der Waals surface area (Å²) < 4.78 is 36.6. The van der Waals surface area contributed by atoms with Crippen LogP contribution in [0.1, 0.15) is 39.0 Å². The fourth-order valence-electron chi connectivity index (χ4n) is 3.16. The third-order valence-electron chi connectivity index (χ3n) is 4.65. The van der Waals surface area contributed by atoms with Crippen molar-refractivity contribution in [3.05, 3.63) is 0 Å². The van der Waals surface area contributed by atoms with Gasteiger partial charge in [0.15, 0.2) is 0 Å². The summed E-state index contributed by atoms with van der Waals surface area (Å²) in [6, 6.07) is 0. The van der Waals surface area contributed by atoms with Crippen LogP contribution in [0.15, 0.2) is 0 Å². The van der Waals surface area contributed by atoms with E-state index >= 15 is 0 Å². The first-order valence-corrected chi connectivity index (χ1v) is 6.79. The van der Waals surface area contributed by atoms with Crippen molar-refractivity contribution in [3.8, 4) is 0 Å². The highest BCUT2D eigenvalue weighted by molar-refractivity contribution is 5.77. The normalized spacial score (nSPS) is 33.1. The van der Waals surface area contributed by atoms with Crippen LogP contribution in [-0.4, -0.2) is 40.8 Å². The monoisotopic (exact) mass is 279 g/mol. The van der Waals surface area contributed by atoms with Crippen molar-refractivity contribution in [2.75, 3.05) is 13.1 Å². The fraction of sp³-hybridized carbons (Fsp3) is 0.923. The van der Waals surface area contributed by atoms with E-state index in [4.69, 9.17) is 0 Å². The molecular formula is C13H20F3NO2. The summed E-state index contributed by atoms with van der Waals surface area (Å²) >= 11 is 0. The van der Waals surface area contributed by atoms with Gasteiger partial charge in [-0.3, -0.25) is 4.79 Å². The molecule has 1 N–H and O–H groups in total. The van der Waals surface area contributed by atoms with Crippen molar-refractivity contribution in [2.24, 2.45) is 11.8 Å². The Kier molecular flexibility index (Phi) is 3.82. The predicted octanol–water partition coefficient (Wildman–Crippen LogP) is 2.34. The number of carbonyl (C=O) groups is 1. The number of carbonyl (C=O) groups excluding carboxylic acids is 1. The number of nitrogens with zero attached hydrogens (tertiary/aromatic N) is 1. The summed E-state index contributed by atoms with van der Waals surface area (Å²) in [5, 5.41) is 10.6. The largest absolute Gasteiger partial charge is 0.397 e. The van der Waals surface area contributed by atoms with E-state index in [0.29, 0.717) is 6.42 Å². The van der Waals surface area contributed by atoms with Crippen molar-refractivity contribution >= 4 is 5.91 Å². The SMILES string of the molecule is C[C@@H]1CN(C(=O)CC(F)(F)F)CC[C@@]1(O)C1CCC1. The van der Waals surface area contributed by atoms with Crippen LogP contribution < -0.4 is 0 Å². The van der Waals surface area contributed by atoms with Gasteiger partial charge in [0.25, 0.3) is 0 Å². The summed E-state index contributed by atoms with van der Waals surface area (Å²) in [5.74, 6) is -0.791. The zero-order valence-electron chi connectivity index (χ0n) is 11.0. The zero-order chi connectivity index (χ0) is 14.3. The molecule has 1 amide bonds. The molecule has 6 heteroatoms. The van der Waals surface area contributed by atoms with Gasteiger partial charge in [0.2, 0.25) is 5.91 Å². The highest BCUT2D eigenvalue weighted by atomic mass is 19.4. The molecule has 0 aromatic rings. The highest BCUT2D eigenvalue weighted by Gasteiger charge is 2.48. The Bertz CT molecular complexity index is 354. The van der Waals surface area contributed by atoms with Gasteiger partial charge >= 0.3 is 6.18 Å². The first-order valence-electron chi connectivity index (χ1n) is 6.79. The Morgan fingerprint density at radius 2 is 2.05 bits per heavy atom. The lowest BCUT2D eigenvalue weighted by Crippen LogP contribution is -2.57. The molecule has 0 radical (unpaired) electrons. The van der Waals surface area contributed by atoms with Crippen LogP contribution in [0.3, 0.4) is 0 Å². The fourth-order valence-corrected chi connectivity index (χ4v) is 3.16. The molecule has 2 fully saturated rings. The Morgan fingerprint density at radius 1 is 1.42 bits per heavy atom. The van der Waals surface area contributed by atoms with Crippen molar-refractivity contribution in [1.82, 2.24) is 4.90 Å². The van der Waals surface area contributed by atoms with E-state index in [-0.39, 0.29) is 24.9 Å². The van der Waals surface area contributed by atoms with Gasteiger partial charge in [-0.25, -0.2) is 0 Å². The Morgan fingerprint density at radius 3 is 2.47 bits per heavy atom. The standard InChI is InChI=1S/C13H20F3NO2/c1-9-8-17(11(18)7-13(14,15)16)6-5-12(9,19)10-3-2-4-10/h9-10,19H,2-8H2,1H3/t9-,12+/m1/s1. The predicted molar refractivity (Wildman–Crippen MR) is 63.3 cm³/mol. The minimum absolute atomic E-state index is 0.163. The lowest BCUT2D eigenvalue weighted by molar-refractivity contribution is -0.170. The Hall–Kier alpha value is -0.780. The van der Waals surface area contributed by atoms with Crippen LogP contribution in [0.4, 0.5) is 13.2 Å². The van der Waals surface area contributed by atoms with Gasteiger partial charge in [-0.1, -0.05) is 13.3 Å². The number of likely N-dealkylation sites (tertiary alicyclic amines) is 1. The van der Waals surface area contributed by atoms with Crippen molar-refractivity contribution < 1.29 is 23.1 Å². The second-order valence-electron chi connectivity index (χ2n) is 5.90. The molecule has 0 spiro atoms. The van der Waals surface area contributed by atoms with E-state index in [9.17, 15) is 23.1 Å². The first-order chi connectivity index (χ1) is 8.72. The maximum atomic E-state index is 12.2. The second-order valence-corrected chi connectivity index (χ2v) is 5.90. The first kappa shape index (κ1) is 14.6. The van der Waals surface area contributed by atoms with E-state index in [1.54, 1.807) is 0 Å². The van der Waals surface area contributed by atoms with Crippen molar-refractivity contribution in [1.29, 1.82) is 0 Å². The van der Waals surface area contributed by atoms with E-state index in [1.165, 1.54) is 4.90 Å². The van der Waals surface area contributed by atoms with Crippen LogP contribution in [0.25, 0.3) is 0 Å². The molecule has 19 heavy (non-hydrogen) atoms. The van der Waals surface area contributed by atoms with E-state index in [0.717, 1.165) is 19.3 Å². The number of hydrogen-bond acceptors (Lipinski definition) is 2. The van der Waals surface area contributed by atoms with Crippen LogP contribution in [0.5, 0.6) is 0 Å². The van der Waals surface area contributed by atoms with Crippen molar-refractivity contribution in [2.45, 2.75) is 50.8 Å². The molecule has 0 unspecified atom stereocenters. The summed E-state index contributed by atoms with van der Waals surface area (Å²) in [6.07, 6.45) is -2.39. The minimum atomic E-state index is -4.46. The maximum Gasteiger partial charge on any atom is 0.397 e. The van der Waals surface area contributed by atoms with Gasteiger partial charge < -0.3 is 10.0 Å². The van der Waals surface area contributed by atoms with Gasteiger partial charge in [0.05, 0.1) is 5.60 Å². The number of piperidine rings is 1. The molecule has 0 bridgehead atoms. The van der Waals surface area contributed by atoms with Crippen LogP contribution >= 0.6 is 0 Å². The molecule has 2 atom stereocenters. The van der Waals surface area contributed by atoms with Gasteiger partial charge in [0.1, 0.15) is 6.42 Å². The summed E-state index contributed by atoms with van der Waals surface area (Å²) in [4.78, 5) is 12.8. The molecule has 0 aromatic heterocycles. The third-order valence-corrected chi connectivity index (χ3v) is 4.65. The van der Waals surface area contributed by atoms with E-state index in [2.05, 4.69) is 0 Å². The average molecular weight is 279 g/mol. The maximum absolute atomic E-state index is 12.2. The van der Waals surface area contributed by atoms with E-state index < -0.39 is 24.1 Å². The smallest absolute Gasteiger partial charge is 0.389 e. The number of hydrogen-bond donors (Lipinski definition) is 1. The Labute approximate surface area is 110 Å². The molecule has 1 heterocycles. The van der Waals surface area contributed by atoms with Crippen LogP contribution in [0.2, 0.25) is 0 Å². The molecule has 0 aromatic carbocycles. The number of rotatable bonds is 2. The highest BCUT2D eigenvalue weighted by Crippen LogP contribution is 2.44. The summed E-state index contributed by atoms with van der Waals surface area (Å²) in [6.45, 7) is 2.28. The van der Waals surface area contributed by atoms with Gasteiger partial charge in [-0.2, -0.15) is 13.2 Å². The molecule has 1 aliphatic carbocycles. The zero-order valence-corrected chi connectivity index (χ0v) is 11.0. The summed E-state index contributed by atoms with van der Waals surface area (Å²) in [5.41, 5.74) is -0.798. The Balaban J connectivity index is 1.94. The number of amides is 1. The number of alkyl halides is 3. The molecule has 110 valence electrons. The summed E-state index contributed by atoms with van der Waals surface area (Å²) in [7, 11) is 0. The minimum Gasteiger partial charge on any atom is -0.389 e. The average Bonchev–Trinajstić information content (AvgIpc) is 2.17. The third kappa shape index (κ3) is 3.04. The lowest BCUT2D eigenvalue weighted by Gasteiger charge is -2.50. The second kappa shape index (κ2) is 4.96. The quantitative estimate of drug-likeness (QED) is 0.843. The van der Waals surface area contributed by atoms with Crippen molar-refractivity contribution in [3.63, 3.8) is 0 Å². The van der Waals surface area contributed by atoms with Gasteiger partial charge in [-0.05, 0) is 25.2 Å². The molecule has 3 nitrogen and oxygen atoms in total. The van der Waals surface area contributed by atoms with Gasteiger partial charge in [0, 0.05) is 19.0 Å². The van der Waals surface area contributed by atoms with Crippen LogP contribution in [-0.2, 0) is 4.79 Å². The molecule has 1 saturated carbocycles. The number of halogens is 3. The topological polar surface area (TPSA) is 40.5 Å². The van der Waals surface area contributed by atoms with Gasteiger partial charge in [-0.15, -0.1) is 0 Å².